The van der Waals surface area contributed by atoms with E-state index in [9.17, 15) is 5.11 Å². The Morgan fingerprint density at radius 2 is 1.92 bits per heavy atom. The van der Waals surface area contributed by atoms with Crippen molar-refractivity contribution in [2.75, 3.05) is 33.9 Å². The number of aryl methyl sites for hydroxylation is 1. The molecule has 0 aliphatic heterocycles. The van der Waals surface area contributed by atoms with Gasteiger partial charge in [-0.05, 0) is 111 Å². The van der Waals surface area contributed by atoms with Crippen LogP contribution in [0.1, 0.15) is 49.3 Å². The molecule has 6 heteroatoms. The first-order chi connectivity index (χ1) is 18.9. The Bertz CT molecular complexity index is 1190. The average Bonchev–Trinajstić information content (AvgIpc) is 2.91. The number of allylic oxidation sites excluding steroid dienone is 1. The number of rotatable bonds is 11. The zero-order valence-electron chi connectivity index (χ0n) is 23.6. The quantitative estimate of drug-likeness (QED) is 0.377. The van der Waals surface area contributed by atoms with Crippen molar-refractivity contribution >= 4 is 0 Å². The molecular formula is C33H43FN2O3. The summed E-state index contributed by atoms with van der Waals surface area (Å²) in [6, 6.07) is 12.0. The van der Waals surface area contributed by atoms with Crippen LogP contribution in [0.2, 0.25) is 0 Å². The predicted octanol–water partition coefficient (Wildman–Crippen LogP) is 6.11. The number of phenols is 1. The highest BCUT2D eigenvalue weighted by Crippen LogP contribution is 2.38. The first-order valence-corrected chi connectivity index (χ1v) is 14.6. The van der Waals surface area contributed by atoms with Crippen LogP contribution in [-0.2, 0) is 24.1 Å². The molecule has 210 valence electrons. The van der Waals surface area contributed by atoms with Crippen LogP contribution < -0.4 is 4.74 Å². The monoisotopic (exact) mass is 534 g/mol. The number of phenolic OH excluding ortho intramolecular Hbond substituents is 1. The second-order valence-corrected chi connectivity index (χ2v) is 11.4. The van der Waals surface area contributed by atoms with Crippen LogP contribution in [0.4, 0.5) is 4.39 Å². The molecule has 3 aliphatic rings. The van der Waals surface area contributed by atoms with Crippen molar-refractivity contribution in [1.82, 2.24) is 9.80 Å². The number of ether oxygens (including phenoxy) is 2. The number of halogens is 1. The molecule has 5 rings (SSSR count). The number of aromatic hydroxyl groups is 1. The van der Waals surface area contributed by atoms with E-state index < -0.39 is 0 Å². The minimum Gasteiger partial charge on any atom is -0.508 e. The van der Waals surface area contributed by atoms with E-state index in [0.29, 0.717) is 42.5 Å². The standard InChI is InChI=1S/C33H43FN2O3/c1-4-36(22-23-8-15-33(31(34)18-23)39-17-16-35(2)27-6-5-7-27)32-21-29(38-3)13-14-30(32)26-10-9-25-20-28(37)12-11-24(25)19-26/h8,11-15,18,20-21,26-27,30,32,37H,4-7,9-10,16-17,19,22H2,1-3H3/t26-,30?,32?/m1/s1. The van der Waals surface area contributed by atoms with Crippen molar-refractivity contribution < 1.29 is 19.0 Å². The highest BCUT2D eigenvalue weighted by atomic mass is 19.1. The lowest BCUT2D eigenvalue weighted by Crippen LogP contribution is -2.43. The number of nitrogens with zero attached hydrogens (tertiary/aromatic N) is 2. The van der Waals surface area contributed by atoms with Gasteiger partial charge in [0.1, 0.15) is 18.1 Å². The topological polar surface area (TPSA) is 45.2 Å². The maximum absolute atomic E-state index is 15.0. The lowest BCUT2D eigenvalue weighted by Gasteiger charge is -2.41. The van der Waals surface area contributed by atoms with Crippen LogP contribution in [-0.4, -0.2) is 60.8 Å². The van der Waals surface area contributed by atoms with Gasteiger partial charge in [0, 0.05) is 25.2 Å². The number of hydrogen-bond acceptors (Lipinski definition) is 5. The van der Waals surface area contributed by atoms with Crippen molar-refractivity contribution in [3.63, 3.8) is 0 Å². The third kappa shape index (κ3) is 6.50. The molecule has 1 N–H and O–H groups in total. The fraction of sp³-hybridized carbons (Fsp3) is 0.515. The Labute approximate surface area is 232 Å². The summed E-state index contributed by atoms with van der Waals surface area (Å²) >= 11 is 0. The van der Waals surface area contributed by atoms with Gasteiger partial charge in [-0.15, -0.1) is 0 Å². The Kier molecular flexibility index (Phi) is 8.93. The summed E-state index contributed by atoms with van der Waals surface area (Å²) in [6.45, 7) is 4.97. The van der Waals surface area contributed by atoms with Gasteiger partial charge in [0.15, 0.2) is 11.6 Å². The molecule has 0 bridgehead atoms. The Balaban J connectivity index is 1.26. The summed E-state index contributed by atoms with van der Waals surface area (Å²) in [5, 5.41) is 9.90. The molecule has 3 aliphatic carbocycles. The van der Waals surface area contributed by atoms with E-state index >= 15 is 4.39 Å². The Morgan fingerprint density at radius 1 is 1.08 bits per heavy atom. The molecule has 0 amide bonds. The predicted molar refractivity (Wildman–Crippen MR) is 153 cm³/mol. The van der Waals surface area contributed by atoms with Gasteiger partial charge in [-0.1, -0.05) is 31.6 Å². The Hall–Kier alpha value is -2.83. The molecule has 3 atom stereocenters. The van der Waals surface area contributed by atoms with Crippen LogP contribution in [0.3, 0.4) is 0 Å². The molecule has 5 nitrogen and oxygen atoms in total. The van der Waals surface area contributed by atoms with Crippen molar-refractivity contribution in [1.29, 1.82) is 0 Å². The minimum absolute atomic E-state index is 0.152. The van der Waals surface area contributed by atoms with E-state index in [-0.39, 0.29) is 11.9 Å². The van der Waals surface area contributed by atoms with Gasteiger partial charge < -0.3 is 19.5 Å². The minimum atomic E-state index is -0.296. The second kappa shape index (κ2) is 12.6. The Morgan fingerprint density at radius 3 is 2.64 bits per heavy atom. The van der Waals surface area contributed by atoms with Gasteiger partial charge in [0.25, 0.3) is 0 Å². The van der Waals surface area contributed by atoms with Gasteiger partial charge in [-0.25, -0.2) is 4.39 Å². The molecule has 1 saturated carbocycles. The third-order valence-electron chi connectivity index (χ3n) is 9.06. The first-order valence-electron chi connectivity index (χ1n) is 14.6. The van der Waals surface area contributed by atoms with Gasteiger partial charge >= 0.3 is 0 Å². The molecule has 39 heavy (non-hydrogen) atoms. The highest BCUT2D eigenvalue weighted by Gasteiger charge is 2.34. The van der Waals surface area contributed by atoms with E-state index in [1.807, 2.05) is 12.1 Å². The van der Waals surface area contributed by atoms with Gasteiger partial charge in [0.2, 0.25) is 0 Å². The molecule has 0 radical (unpaired) electrons. The fourth-order valence-electron chi connectivity index (χ4n) is 6.41. The van der Waals surface area contributed by atoms with E-state index in [4.69, 9.17) is 9.47 Å². The summed E-state index contributed by atoms with van der Waals surface area (Å²) in [6.07, 6.45) is 13.5. The maximum atomic E-state index is 15.0. The normalized spacial score (nSPS) is 22.9. The van der Waals surface area contributed by atoms with Gasteiger partial charge in [-0.2, -0.15) is 0 Å². The number of benzene rings is 2. The lowest BCUT2D eigenvalue weighted by molar-refractivity contribution is 0.133. The van der Waals surface area contributed by atoms with Crippen LogP contribution in [0.15, 0.2) is 60.4 Å². The van der Waals surface area contributed by atoms with E-state index in [0.717, 1.165) is 43.7 Å². The van der Waals surface area contributed by atoms with Crippen LogP contribution >= 0.6 is 0 Å². The molecule has 2 aromatic carbocycles. The third-order valence-corrected chi connectivity index (χ3v) is 9.06. The number of hydrogen-bond donors (Lipinski definition) is 1. The number of fused-ring (bicyclic) bond motifs is 1. The SMILES string of the molecule is CCN(Cc1ccc(OCCN(C)C2CCC2)c(F)c1)C1C=C(OC)C=CC1[C@@H]1CCc2cc(O)ccc2C1. The van der Waals surface area contributed by atoms with Crippen molar-refractivity contribution in [2.24, 2.45) is 11.8 Å². The van der Waals surface area contributed by atoms with Crippen molar-refractivity contribution in [3.05, 3.63) is 82.9 Å². The molecular weight excluding hydrogens is 491 g/mol. The van der Waals surface area contributed by atoms with Crippen molar-refractivity contribution in [2.45, 2.75) is 64.1 Å². The maximum Gasteiger partial charge on any atom is 0.165 e. The largest absolute Gasteiger partial charge is 0.508 e. The average molecular weight is 535 g/mol. The van der Waals surface area contributed by atoms with E-state index in [1.165, 1.54) is 30.4 Å². The van der Waals surface area contributed by atoms with Crippen molar-refractivity contribution in [3.8, 4) is 11.5 Å². The first kappa shape index (κ1) is 27.7. The molecule has 2 unspecified atom stereocenters. The molecule has 0 spiro atoms. The molecule has 0 aromatic heterocycles. The fourth-order valence-corrected chi connectivity index (χ4v) is 6.41. The van der Waals surface area contributed by atoms with Crippen LogP contribution in [0, 0.1) is 17.7 Å². The zero-order valence-corrected chi connectivity index (χ0v) is 23.6. The van der Waals surface area contributed by atoms with Crippen LogP contribution in [0.5, 0.6) is 11.5 Å². The summed E-state index contributed by atoms with van der Waals surface area (Å²) < 4.78 is 26.5. The van der Waals surface area contributed by atoms with Gasteiger partial charge in [0.05, 0.1) is 7.11 Å². The van der Waals surface area contributed by atoms with E-state index in [1.54, 1.807) is 25.3 Å². The molecule has 1 fully saturated rings. The molecule has 0 heterocycles. The van der Waals surface area contributed by atoms with E-state index in [2.05, 4.69) is 48.1 Å². The molecule has 0 saturated heterocycles. The zero-order chi connectivity index (χ0) is 27.4. The molecule has 2 aromatic rings. The lowest BCUT2D eigenvalue weighted by atomic mass is 9.72. The second-order valence-electron chi connectivity index (χ2n) is 11.4. The summed E-state index contributed by atoms with van der Waals surface area (Å²) in [5.74, 6) is 2.06. The summed E-state index contributed by atoms with van der Waals surface area (Å²) in [4.78, 5) is 4.74. The van der Waals surface area contributed by atoms with Crippen LogP contribution in [0.25, 0.3) is 0 Å². The summed E-state index contributed by atoms with van der Waals surface area (Å²) in [7, 11) is 3.84. The highest BCUT2D eigenvalue weighted by molar-refractivity contribution is 5.37. The number of methoxy groups -OCH3 is 1. The van der Waals surface area contributed by atoms with Gasteiger partial charge in [-0.3, -0.25) is 4.90 Å². The summed E-state index contributed by atoms with van der Waals surface area (Å²) in [5.41, 5.74) is 3.53. The number of likely N-dealkylation sites (N-methyl/N-ethyl adjacent to an activating group) is 2. The smallest absolute Gasteiger partial charge is 0.165 e.